The molecular weight excluding hydrogens is 320 g/mol. The number of carboxylic acid groups (broad SMARTS) is 1. The molecular formula is C12H9F6NO3. The molecule has 4 nitrogen and oxygen atoms in total. The van der Waals surface area contributed by atoms with Crippen LogP contribution >= 0.6 is 0 Å². The number of hydroxylamine groups is 1. The first-order valence-corrected chi connectivity index (χ1v) is 5.91. The molecule has 0 bridgehead atoms. The van der Waals surface area contributed by atoms with Crippen molar-refractivity contribution in [2.24, 2.45) is 5.92 Å². The molecule has 0 amide bonds. The first-order valence-electron chi connectivity index (χ1n) is 5.91. The highest BCUT2D eigenvalue weighted by molar-refractivity contribution is 5.72. The van der Waals surface area contributed by atoms with Crippen molar-refractivity contribution in [1.29, 1.82) is 0 Å². The van der Waals surface area contributed by atoms with Gasteiger partial charge in [-0.3, -0.25) is 14.7 Å². The van der Waals surface area contributed by atoms with E-state index < -0.39 is 42.5 Å². The SMILES string of the molecule is O=C(O)[C@H]1CN(c2ccc(C(F)(F)F)cc2)O[C@@H]1C(F)(F)F. The van der Waals surface area contributed by atoms with E-state index in [0.29, 0.717) is 17.2 Å². The van der Waals surface area contributed by atoms with Crippen molar-refractivity contribution < 1.29 is 41.1 Å². The largest absolute Gasteiger partial charge is 0.481 e. The zero-order chi connectivity index (χ0) is 16.7. The summed E-state index contributed by atoms with van der Waals surface area (Å²) in [7, 11) is 0. The Balaban J connectivity index is 2.22. The molecule has 10 heteroatoms. The van der Waals surface area contributed by atoms with Crippen molar-refractivity contribution in [3.63, 3.8) is 0 Å². The number of aliphatic carboxylic acids is 1. The molecule has 1 aromatic rings. The van der Waals surface area contributed by atoms with Crippen LogP contribution in [0, 0.1) is 5.92 Å². The Morgan fingerprint density at radius 2 is 1.68 bits per heavy atom. The van der Waals surface area contributed by atoms with Gasteiger partial charge < -0.3 is 5.11 Å². The summed E-state index contributed by atoms with van der Waals surface area (Å²) in [4.78, 5) is 15.4. The molecule has 1 aromatic carbocycles. The van der Waals surface area contributed by atoms with Crippen LogP contribution in [-0.2, 0) is 15.8 Å². The highest BCUT2D eigenvalue weighted by Gasteiger charge is 2.54. The minimum atomic E-state index is -4.90. The second-order valence-corrected chi connectivity index (χ2v) is 4.62. The monoisotopic (exact) mass is 329 g/mol. The molecule has 22 heavy (non-hydrogen) atoms. The van der Waals surface area contributed by atoms with Crippen molar-refractivity contribution in [2.45, 2.75) is 18.5 Å². The van der Waals surface area contributed by atoms with Crippen LogP contribution < -0.4 is 5.06 Å². The number of carbonyl (C=O) groups is 1. The van der Waals surface area contributed by atoms with Crippen LogP contribution in [0.25, 0.3) is 0 Å². The molecule has 0 aromatic heterocycles. The van der Waals surface area contributed by atoms with E-state index in [1.54, 1.807) is 0 Å². The van der Waals surface area contributed by atoms with Gasteiger partial charge in [-0.05, 0) is 24.3 Å². The molecule has 1 N–H and O–H groups in total. The first kappa shape index (κ1) is 16.4. The van der Waals surface area contributed by atoms with Crippen LogP contribution in [0.1, 0.15) is 5.56 Å². The first-order chi connectivity index (χ1) is 10.00. The fourth-order valence-electron chi connectivity index (χ4n) is 2.01. The predicted octanol–water partition coefficient (Wildman–Crippen LogP) is 3.09. The Bertz CT molecular complexity index is 553. The van der Waals surface area contributed by atoms with Gasteiger partial charge in [0.25, 0.3) is 0 Å². The van der Waals surface area contributed by atoms with Crippen molar-refractivity contribution >= 4 is 11.7 Å². The minimum Gasteiger partial charge on any atom is -0.481 e. The maximum Gasteiger partial charge on any atom is 0.418 e. The molecule has 2 atom stereocenters. The van der Waals surface area contributed by atoms with E-state index in [2.05, 4.69) is 4.84 Å². The van der Waals surface area contributed by atoms with Gasteiger partial charge >= 0.3 is 18.3 Å². The van der Waals surface area contributed by atoms with Gasteiger partial charge in [-0.25, -0.2) is 0 Å². The van der Waals surface area contributed by atoms with Crippen molar-refractivity contribution in [3.8, 4) is 0 Å². The van der Waals surface area contributed by atoms with Crippen molar-refractivity contribution in [1.82, 2.24) is 0 Å². The highest BCUT2D eigenvalue weighted by atomic mass is 19.4. The van der Waals surface area contributed by atoms with Gasteiger partial charge in [0.1, 0.15) is 5.92 Å². The van der Waals surface area contributed by atoms with Crippen LogP contribution in [0.2, 0.25) is 0 Å². The summed E-state index contributed by atoms with van der Waals surface area (Å²) in [6.45, 7) is -0.620. The summed E-state index contributed by atoms with van der Waals surface area (Å²) in [5.74, 6) is -3.56. The zero-order valence-electron chi connectivity index (χ0n) is 10.6. The summed E-state index contributed by atoms with van der Waals surface area (Å²) in [5, 5.41) is 9.44. The Morgan fingerprint density at radius 1 is 1.14 bits per heavy atom. The fraction of sp³-hybridized carbons (Fsp3) is 0.417. The summed E-state index contributed by atoms with van der Waals surface area (Å²) in [6.07, 6.45) is -12.0. The van der Waals surface area contributed by atoms with Gasteiger partial charge in [-0.2, -0.15) is 26.3 Å². The normalized spacial score (nSPS) is 22.9. The van der Waals surface area contributed by atoms with Crippen molar-refractivity contribution in [2.75, 3.05) is 11.6 Å². The summed E-state index contributed by atoms with van der Waals surface area (Å²) >= 11 is 0. The Morgan fingerprint density at radius 3 is 2.05 bits per heavy atom. The molecule has 1 fully saturated rings. The van der Waals surface area contributed by atoms with Crippen molar-refractivity contribution in [3.05, 3.63) is 29.8 Å². The van der Waals surface area contributed by atoms with E-state index in [0.717, 1.165) is 12.1 Å². The second kappa shape index (κ2) is 5.34. The van der Waals surface area contributed by atoms with Crippen LogP contribution in [-0.4, -0.2) is 29.9 Å². The number of hydrogen-bond donors (Lipinski definition) is 1. The third kappa shape index (κ3) is 3.26. The number of anilines is 1. The van der Waals surface area contributed by atoms with Gasteiger partial charge in [-0.15, -0.1) is 0 Å². The molecule has 0 spiro atoms. The lowest BCUT2D eigenvalue weighted by Crippen LogP contribution is -2.38. The van der Waals surface area contributed by atoms with Gasteiger partial charge in [0, 0.05) is 0 Å². The molecule has 0 unspecified atom stereocenters. The maximum atomic E-state index is 12.7. The average Bonchev–Trinajstić information content (AvgIpc) is 2.83. The third-order valence-electron chi connectivity index (χ3n) is 3.09. The molecule has 1 aliphatic heterocycles. The Labute approximate surface area is 119 Å². The standard InChI is InChI=1S/C12H9F6NO3/c13-11(14,15)6-1-3-7(4-2-6)19-5-8(10(20)21)9(22-19)12(16,17)18/h1-4,8-9H,5H2,(H,20,21)/t8-,9-/m0/s1. The molecule has 1 heterocycles. The summed E-state index contributed by atoms with van der Waals surface area (Å²) in [6, 6.07) is 3.19. The number of alkyl halides is 6. The van der Waals surface area contributed by atoms with E-state index in [4.69, 9.17) is 5.11 Å². The lowest BCUT2D eigenvalue weighted by Gasteiger charge is -2.20. The predicted molar refractivity (Wildman–Crippen MR) is 60.8 cm³/mol. The topological polar surface area (TPSA) is 49.8 Å². The number of halogens is 6. The zero-order valence-corrected chi connectivity index (χ0v) is 10.6. The second-order valence-electron chi connectivity index (χ2n) is 4.62. The van der Waals surface area contributed by atoms with E-state index in [-0.39, 0.29) is 5.69 Å². The average molecular weight is 329 g/mol. The van der Waals surface area contributed by atoms with Crippen LogP contribution in [0.5, 0.6) is 0 Å². The van der Waals surface area contributed by atoms with E-state index in [9.17, 15) is 31.1 Å². The van der Waals surface area contributed by atoms with Crippen LogP contribution in [0.4, 0.5) is 32.0 Å². The van der Waals surface area contributed by atoms with Gasteiger partial charge in [0.05, 0.1) is 17.8 Å². The van der Waals surface area contributed by atoms with Gasteiger partial charge in [0.2, 0.25) is 0 Å². The molecule has 0 saturated carbocycles. The molecule has 1 aliphatic rings. The number of hydrogen-bond acceptors (Lipinski definition) is 3. The summed E-state index contributed by atoms with van der Waals surface area (Å²) < 4.78 is 75.4. The number of rotatable bonds is 2. The minimum absolute atomic E-state index is 0.0917. The lowest BCUT2D eigenvalue weighted by atomic mass is 10.0. The van der Waals surface area contributed by atoms with E-state index in [1.165, 1.54) is 0 Å². The van der Waals surface area contributed by atoms with Gasteiger partial charge in [-0.1, -0.05) is 0 Å². The van der Waals surface area contributed by atoms with Crippen LogP contribution in [0.15, 0.2) is 24.3 Å². The van der Waals surface area contributed by atoms with Crippen LogP contribution in [0.3, 0.4) is 0 Å². The third-order valence-corrected chi connectivity index (χ3v) is 3.09. The highest BCUT2D eigenvalue weighted by Crippen LogP contribution is 2.37. The Hall–Kier alpha value is -1.97. The van der Waals surface area contributed by atoms with Gasteiger partial charge in [0.15, 0.2) is 6.10 Å². The number of benzene rings is 1. The fourth-order valence-corrected chi connectivity index (χ4v) is 2.01. The lowest BCUT2D eigenvalue weighted by molar-refractivity contribution is -0.221. The number of carboxylic acids is 1. The smallest absolute Gasteiger partial charge is 0.418 e. The molecule has 122 valence electrons. The molecule has 1 saturated heterocycles. The maximum absolute atomic E-state index is 12.7. The molecule has 0 aliphatic carbocycles. The summed E-state index contributed by atoms with van der Waals surface area (Å²) in [5.41, 5.74) is -1.07. The van der Waals surface area contributed by atoms with E-state index >= 15 is 0 Å². The molecule has 0 radical (unpaired) electrons. The Kier molecular flexibility index (Phi) is 3.98. The quantitative estimate of drug-likeness (QED) is 0.847. The van der Waals surface area contributed by atoms with E-state index in [1.807, 2.05) is 0 Å². The number of nitrogens with zero attached hydrogens (tertiary/aromatic N) is 1. The molecule has 2 rings (SSSR count).